The van der Waals surface area contributed by atoms with Crippen molar-refractivity contribution in [2.24, 2.45) is 0 Å². The highest BCUT2D eigenvalue weighted by Crippen LogP contribution is 2.29. The van der Waals surface area contributed by atoms with Crippen molar-refractivity contribution in [3.8, 4) is 5.69 Å². The Kier molecular flexibility index (Phi) is 4.06. The highest BCUT2D eigenvalue weighted by atomic mass is 19.2. The van der Waals surface area contributed by atoms with Gasteiger partial charge in [0.25, 0.3) is 5.91 Å². The number of halogens is 2. The second-order valence-electron chi connectivity index (χ2n) is 6.50. The lowest BCUT2D eigenvalue weighted by Crippen LogP contribution is -2.49. The van der Waals surface area contributed by atoms with Crippen molar-refractivity contribution in [2.45, 2.75) is 38.6 Å². The Morgan fingerprint density at radius 3 is 2.68 bits per heavy atom. The van der Waals surface area contributed by atoms with Crippen LogP contribution in [-0.4, -0.2) is 32.3 Å². The third-order valence-corrected chi connectivity index (χ3v) is 4.27. The first-order valence-corrected chi connectivity index (χ1v) is 7.83. The molecular formula is C17H17F2N3O3. The fourth-order valence-electron chi connectivity index (χ4n) is 2.87. The minimum atomic E-state index is -1.48. The zero-order valence-corrected chi connectivity index (χ0v) is 13.8. The maximum absolute atomic E-state index is 14.1. The van der Waals surface area contributed by atoms with Crippen LogP contribution in [0.25, 0.3) is 5.69 Å². The van der Waals surface area contributed by atoms with Crippen LogP contribution in [0.4, 0.5) is 8.78 Å². The number of carbonyl (C=O) groups is 2. The van der Waals surface area contributed by atoms with E-state index in [0.717, 1.165) is 12.5 Å². The highest BCUT2D eigenvalue weighted by molar-refractivity contribution is 5.97. The lowest BCUT2D eigenvalue weighted by atomic mass is 10.1. The molecule has 1 aromatic carbocycles. The Hall–Kier alpha value is -2.77. The van der Waals surface area contributed by atoms with E-state index in [1.54, 1.807) is 0 Å². The summed E-state index contributed by atoms with van der Waals surface area (Å²) in [5.74, 6) is -3.88. The topological polar surface area (TPSA) is 84.2 Å². The number of hydrogen-bond acceptors (Lipinski definition) is 3. The number of hydrogen-bond donors (Lipinski definition) is 2. The lowest BCUT2D eigenvalue weighted by Gasteiger charge is -2.20. The van der Waals surface area contributed by atoms with E-state index in [4.69, 9.17) is 5.11 Å². The molecule has 3 rings (SSSR count). The van der Waals surface area contributed by atoms with E-state index in [1.165, 1.54) is 30.7 Å². The van der Waals surface area contributed by atoms with Crippen LogP contribution in [0.2, 0.25) is 0 Å². The number of aliphatic carboxylic acids is 1. The normalized spacial score (nSPS) is 13.6. The first-order valence-electron chi connectivity index (χ1n) is 7.83. The molecule has 8 heteroatoms. The van der Waals surface area contributed by atoms with Gasteiger partial charge >= 0.3 is 5.97 Å². The molecule has 1 heterocycles. The van der Waals surface area contributed by atoms with Gasteiger partial charge in [0.15, 0.2) is 17.3 Å². The van der Waals surface area contributed by atoms with Crippen LogP contribution in [0.5, 0.6) is 0 Å². The second-order valence-corrected chi connectivity index (χ2v) is 6.50. The molecule has 0 unspecified atom stereocenters. The summed E-state index contributed by atoms with van der Waals surface area (Å²) in [6.07, 6.45) is 1.91. The minimum absolute atomic E-state index is 0.0467. The van der Waals surface area contributed by atoms with E-state index in [0.29, 0.717) is 24.1 Å². The van der Waals surface area contributed by atoms with Gasteiger partial charge < -0.3 is 10.4 Å². The lowest BCUT2D eigenvalue weighted by molar-refractivity contribution is -0.143. The third kappa shape index (κ3) is 2.88. The van der Waals surface area contributed by atoms with Gasteiger partial charge in [0.05, 0.1) is 0 Å². The van der Waals surface area contributed by atoms with E-state index >= 15 is 0 Å². The number of amides is 1. The molecule has 1 aromatic heterocycles. The zero-order valence-electron chi connectivity index (χ0n) is 13.8. The Balaban J connectivity index is 2.05. The summed E-state index contributed by atoms with van der Waals surface area (Å²) in [6.45, 7) is 2.72. The van der Waals surface area contributed by atoms with Crippen LogP contribution in [0.15, 0.2) is 18.2 Å². The summed E-state index contributed by atoms with van der Waals surface area (Å²) >= 11 is 0. The molecule has 2 aromatic rings. The zero-order chi connectivity index (χ0) is 18.4. The van der Waals surface area contributed by atoms with Gasteiger partial charge in [-0.3, -0.25) is 4.79 Å². The SMILES string of the molecule is CC(C)(NC(=O)c1nn(-c2cccc(F)c2F)c2c1CCC2)C(=O)O. The van der Waals surface area contributed by atoms with Gasteiger partial charge in [-0.2, -0.15) is 5.10 Å². The van der Waals surface area contributed by atoms with Gasteiger partial charge in [-0.05, 0) is 45.2 Å². The van der Waals surface area contributed by atoms with Gasteiger partial charge in [-0.15, -0.1) is 0 Å². The number of benzene rings is 1. The highest BCUT2D eigenvalue weighted by Gasteiger charge is 2.33. The molecule has 0 radical (unpaired) electrons. The summed E-state index contributed by atoms with van der Waals surface area (Å²) in [5.41, 5.74) is -0.221. The second kappa shape index (κ2) is 5.94. The fourth-order valence-corrected chi connectivity index (χ4v) is 2.87. The van der Waals surface area contributed by atoms with Gasteiger partial charge in [-0.1, -0.05) is 6.07 Å². The van der Waals surface area contributed by atoms with Crippen LogP contribution in [-0.2, 0) is 17.6 Å². The van der Waals surface area contributed by atoms with Crippen LogP contribution in [0, 0.1) is 11.6 Å². The fraction of sp³-hybridized carbons (Fsp3) is 0.353. The monoisotopic (exact) mass is 349 g/mol. The van der Waals surface area contributed by atoms with E-state index in [9.17, 15) is 18.4 Å². The summed E-state index contributed by atoms with van der Waals surface area (Å²) < 4.78 is 28.9. The number of carboxylic acid groups (broad SMARTS) is 1. The molecule has 1 amide bonds. The summed E-state index contributed by atoms with van der Waals surface area (Å²) in [7, 11) is 0. The average Bonchev–Trinajstić information content (AvgIpc) is 3.11. The van der Waals surface area contributed by atoms with Gasteiger partial charge in [0, 0.05) is 11.3 Å². The molecule has 2 N–H and O–H groups in total. The predicted octanol–water partition coefficient (Wildman–Crippen LogP) is 2.23. The predicted molar refractivity (Wildman–Crippen MR) is 84.7 cm³/mol. The van der Waals surface area contributed by atoms with Crippen molar-refractivity contribution in [1.29, 1.82) is 0 Å². The maximum atomic E-state index is 14.1. The Morgan fingerprint density at radius 1 is 1.28 bits per heavy atom. The summed E-state index contributed by atoms with van der Waals surface area (Å²) in [6, 6.07) is 3.75. The molecule has 0 fully saturated rings. The summed E-state index contributed by atoms with van der Waals surface area (Å²) in [5, 5.41) is 15.7. The molecule has 0 atom stereocenters. The van der Waals surface area contributed by atoms with Crippen molar-refractivity contribution < 1.29 is 23.5 Å². The maximum Gasteiger partial charge on any atom is 0.328 e. The third-order valence-electron chi connectivity index (χ3n) is 4.27. The Bertz CT molecular complexity index is 874. The van der Waals surface area contributed by atoms with E-state index in [1.807, 2.05) is 0 Å². The Morgan fingerprint density at radius 2 is 2.00 bits per heavy atom. The van der Waals surface area contributed by atoms with Gasteiger partial charge in [-0.25, -0.2) is 18.3 Å². The van der Waals surface area contributed by atoms with Crippen LogP contribution >= 0.6 is 0 Å². The number of rotatable bonds is 4. The molecule has 132 valence electrons. The minimum Gasteiger partial charge on any atom is -0.480 e. The van der Waals surface area contributed by atoms with Crippen molar-refractivity contribution in [3.05, 3.63) is 46.8 Å². The molecule has 0 bridgehead atoms. The van der Waals surface area contributed by atoms with Crippen molar-refractivity contribution in [2.75, 3.05) is 0 Å². The van der Waals surface area contributed by atoms with Crippen molar-refractivity contribution >= 4 is 11.9 Å². The number of nitrogens with zero attached hydrogens (tertiary/aromatic N) is 2. The van der Waals surface area contributed by atoms with Crippen LogP contribution in [0.3, 0.4) is 0 Å². The molecule has 0 aliphatic heterocycles. The van der Waals surface area contributed by atoms with Gasteiger partial charge in [0.1, 0.15) is 11.2 Å². The number of carbonyl (C=O) groups excluding carboxylic acids is 1. The Labute approximate surface area is 142 Å². The van der Waals surface area contributed by atoms with E-state index in [-0.39, 0.29) is 11.4 Å². The standard InChI is InChI=1S/C17H17F2N3O3/c1-17(2,16(24)25)20-15(23)14-9-5-3-7-11(9)22(21-14)12-8-4-6-10(18)13(12)19/h4,6,8H,3,5,7H2,1-2H3,(H,20,23)(H,24,25). The molecule has 0 spiro atoms. The number of nitrogens with one attached hydrogen (secondary N) is 1. The average molecular weight is 349 g/mol. The number of fused-ring (bicyclic) bond motifs is 1. The first-order chi connectivity index (χ1) is 11.7. The number of aromatic nitrogens is 2. The molecule has 0 saturated carbocycles. The molecular weight excluding hydrogens is 332 g/mol. The number of carboxylic acids is 1. The van der Waals surface area contributed by atoms with E-state index in [2.05, 4.69) is 10.4 Å². The molecule has 25 heavy (non-hydrogen) atoms. The van der Waals surface area contributed by atoms with Gasteiger partial charge in [0.2, 0.25) is 0 Å². The van der Waals surface area contributed by atoms with Crippen LogP contribution in [0.1, 0.15) is 42.0 Å². The van der Waals surface area contributed by atoms with E-state index < -0.39 is 29.0 Å². The molecule has 1 aliphatic carbocycles. The quantitative estimate of drug-likeness (QED) is 0.887. The molecule has 1 aliphatic rings. The molecule has 6 nitrogen and oxygen atoms in total. The van der Waals surface area contributed by atoms with Crippen molar-refractivity contribution in [1.82, 2.24) is 15.1 Å². The first kappa shape index (κ1) is 17.1. The van der Waals surface area contributed by atoms with Crippen LogP contribution < -0.4 is 5.32 Å². The molecule has 0 saturated heterocycles. The largest absolute Gasteiger partial charge is 0.480 e. The smallest absolute Gasteiger partial charge is 0.328 e. The summed E-state index contributed by atoms with van der Waals surface area (Å²) in [4.78, 5) is 23.7. The van der Waals surface area contributed by atoms with Crippen molar-refractivity contribution in [3.63, 3.8) is 0 Å².